The maximum absolute atomic E-state index is 14.3. The lowest BCUT2D eigenvalue weighted by Gasteiger charge is -2.47. The van der Waals surface area contributed by atoms with Crippen molar-refractivity contribution in [3.05, 3.63) is 47.9 Å². The van der Waals surface area contributed by atoms with E-state index < -0.39 is 23.4 Å². The van der Waals surface area contributed by atoms with Crippen LogP contribution in [0.15, 0.2) is 36.5 Å². The minimum absolute atomic E-state index is 0.106. The molecule has 190 valence electrons. The second-order valence-corrected chi connectivity index (χ2v) is 9.46. The minimum atomic E-state index is -4.13. The average Bonchev–Trinajstić information content (AvgIpc) is 2.80. The molecule has 2 heterocycles. The van der Waals surface area contributed by atoms with E-state index in [-0.39, 0.29) is 37.5 Å². The summed E-state index contributed by atoms with van der Waals surface area (Å²) < 4.78 is 65.3. The van der Waals surface area contributed by atoms with Gasteiger partial charge in [0.1, 0.15) is 5.82 Å². The summed E-state index contributed by atoms with van der Waals surface area (Å²) in [5.41, 5.74) is -0.375. The Hall–Kier alpha value is -2.68. The number of hydrogen-bond donors (Lipinski definition) is 0. The van der Waals surface area contributed by atoms with Crippen molar-refractivity contribution in [2.75, 3.05) is 32.8 Å². The van der Waals surface area contributed by atoms with Crippen LogP contribution < -0.4 is 4.74 Å². The number of halogens is 4. The fourth-order valence-electron chi connectivity index (χ4n) is 4.78. The molecule has 35 heavy (non-hydrogen) atoms. The third-order valence-electron chi connectivity index (χ3n) is 7.15. The lowest BCUT2D eigenvalue weighted by molar-refractivity contribution is -0.256. The largest absolute Gasteiger partial charge is 0.477 e. The van der Waals surface area contributed by atoms with Crippen LogP contribution in [0.4, 0.5) is 17.6 Å². The van der Waals surface area contributed by atoms with Crippen LogP contribution in [0.5, 0.6) is 5.88 Å². The van der Waals surface area contributed by atoms with Gasteiger partial charge >= 0.3 is 12.1 Å². The molecule has 2 fully saturated rings. The van der Waals surface area contributed by atoms with Crippen LogP contribution in [0.25, 0.3) is 11.1 Å². The fourth-order valence-corrected chi connectivity index (χ4v) is 4.78. The molecule has 0 spiro atoms. The molecule has 5 nitrogen and oxygen atoms in total. The van der Waals surface area contributed by atoms with Gasteiger partial charge in [-0.1, -0.05) is 12.5 Å². The van der Waals surface area contributed by atoms with Crippen LogP contribution in [0.2, 0.25) is 0 Å². The zero-order valence-electron chi connectivity index (χ0n) is 19.7. The molecule has 1 aliphatic carbocycles. The Morgan fingerprint density at radius 2 is 1.86 bits per heavy atom. The highest BCUT2D eigenvalue weighted by molar-refractivity contribution is 5.90. The van der Waals surface area contributed by atoms with Gasteiger partial charge in [-0.25, -0.2) is 14.2 Å². The number of alkyl halides is 3. The summed E-state index contributed by atoms with van der Waals surface area (Å²) in [4.78, 5) is 18.0. The molecule has 2 aromatic rings. The van der Waals surface area contributed by atoms with Gasteiger partial charge in [0, 0.05) is 24.4 Å². The monoisotopic (exact) mass is 494 g/mol. The van der Waals surface area contributed by atoms with E-state index in [4.69, 9.17) is 9.47 Å². The maximum atomic E-state index is 14.3. The number of ether oxygens (including phenoxy) is 2. The number of nitrogens with zero attached hydrogens (tertiary/aromatic N) is 2. The van der Waals surface area contributed by atoms with E-state index in [1.54, 1.807) is 31.3 Å². The Labute approximate surface area is 202 Å². The molecule has 0 amide bonds. The smallest absolute Gasteiger partial charge is 0.395 e. The van der Waals surface area contributed by atoms with Crippen molar-refractivity contribution < 1.29 is 31.8 Å². The first kappa shape index (κ1) is 25.4. The minimum Gasteiger partial charge on any atom is -0.477 e. The predicted octanol–water partition coefficient (Wildman–Crippen LogP) is 5.89. The molecule has 1 saturated heterocycles. The maximum Gasteiger partial charge on any atom is 0.395 e. The summed E-state index contributed by atoms with van der Waals surface area (Å²) in [5, 5.41) is 0. The summed E-state index contributed by atoms with van der Waals surface area (Å²) >= 11 is 0. The van der Waals surface area contributed by atoms with Gasteiger partial charge in [-0.2, -0.15) is 13.2 Å². The SMILES string of the molecule is CCOC(=O)c1ccc(-c2ccc(OCC3CCN(CC4(C(F)(F)F)CCC4)CC3)nc2)cc1F. The Morgan fingerprint density at radius 3 is 2.40 bits per heavy atom. The van der Waals surface area contributed by atoms with Crippen molar-refractivity contribution >= 4 is 5.97 Å². The van der Waals surface area contributed by atoms with E-state index in [0.29, 0.717) is 43.1 Å². The number of pyridine rings is 1. The van der Waals surface area contributed by atoms with Gasteiger partial charge in [0.2, 0.25) is 5.88 Å². The molecule has 4 rings (SSSR count). The van der Waals surface area contributed by atoms with Gasteiger partial charge in [-0.15, -0.1) is 0 Å². The van der Waals surface area contributed by atoms with E-state index >= 15 is 0 Å². The van der Waals surface area contributed by atoms with Crippen molar-refractivity contribution in [3.63, 3.8) is 0 Å². The van der Waals surface area contributed by atoms with Gasteiger partial charge in [0.05, 0.1) is 24.2 Å². The molecule has 0 radical (unpaired) electrons. The first-order valence-corrected chi connectivity index (χ1v) is 12.1. The highest BCUT2D eigenvalue weighted by Crippen LogP contribution is 2.53. The van der Waals surface area contributed by atoms with Crippen molar-refractivity contribution in [2.45, 2.75) is 45.2 Å². The van der Waals surface area contributed by atoms with Crippen LogP contribution in [0.1, 0.15) is 49.4 Å². The third kappa shape index (κ3) is 5.77. The molecule has 9 heteroatoms. The molecule has 2 aliphatic rings. The first-order valence-electron chi connectivity index (χ1n) is 12.1. The van der Waals surface area contributed by atoms with Crippen molar-refractivity contribution in [1.29, 1.82) is 0 Å². The summed E-state index contributed by atoms with van der Waals surface area (Å²) in [5.74, 6) is -0.663. The molecular weight excluding hydrogens is 464 g/mol. The Kier molecular flexibility index (Phi) is 7.64. The van der Waals surface area contributed by atoms with E-state index in [1.165, 1.54) is 12.1 Å². The van der Waals surface area contributed by atoms with Crippen LogP contribution in [-0.4, -0.2) is 54.9 Å². The predicted molar refractivity (Wildman–Crippen MR) is 123 cm³/mol. The number of aromatic nitrogens is 1. The topological polar surface area (TPSA) is 51.7 Å². The molecule has 0 atom stereocenters. The van der Waals surface area contributed by atoms with Crippen LogP contribution in [0, 0.1) is 17.2 Å². The van der Waals surface area contributed by atoms with E-state index in [2.05, 4.69) is 4.98 Å². The van der Waals surface area contributed by atoms with Gasteiger partial charge < -0.3 is 14.4 Å². The number of carbonyl (C=O) groups is 1. The van der Waals surface area contributed by atoms with E-state index in [9.17, 15) is 22.4 Å². The van der Waals surface area contributed by atoms with Crippen LogP contribution >= 0.6 is 0 Å². The Bertz CT molecular complexity index is 1010. The van der Waals surface area contributed by atoms with Crippen LogP contribution in [-0.2, 0) is 4.74 Å². The number of likely N-dealkylation sites (tertiary alicyclic amines) is 1. The van der Waals surface area contributed by atoms with Crippen LogP contribution in [0.3, 0.4) is 0 Å². The van der Waals surface area contributed by atoms with Gasteiger partial charge in [0.15, 0.2) is 0 Å². The highest BCUT2D eigenvalue weighted by Gasteiger charge is 2.58. The third-order valence-corrected chi connectivity index (χ3v) is 7.15. The molecule has 0 bridgehead atoms. The lowest BCUT2D eigenvalue weighted by Crippen LogP contribution is -2.53. The fraction of sp³-hybridized carbons (Fsp3) is 0.538. The Balaban J connectivity index is 1.26. The van der Waals surface area contributed by atoms with Gasteiger partial charge in [-0.05, 0) is 75.4 Å². The summed E-state index contributed by atoms with van der Waals surface area (Å²) in [6.07, 6.45) is 0.163. The average molecular weight is 495 g/mol. The lowest BCUT2D eigenvalue weighted by atomic mass is 9.67. The summed E-state index contributed by atoms with van der Waals surface area (Å²) in [6, 6.07) is 7.75. The number of hydrogen-bond acceptors (Lipinski definition) is 5. The zero-order valence-corrected chi connectivity index (χ0v) is 19.7. The van der Waals surface area contributed by atoms with Crippen molar-refractivity contribution in [3.8, 4) is 17.0 Å². The molecule has 0 N–H and O–H groups in total. The number of benzene rings is 1. The quantitative estimate of drug-likeness (QED) is 0.339. The molecule has 1 saturated carbocycles. The molecule has 1 aromatic carbocycles. The second-order valence-electron chi connectivity index (χ2n) is 9.46. The number of rotatable bonds is 8. The molecule has 0 unspecified atom stereocenters. The van der Waals surface area contributed by atoms with E-state index in [1.807, 2.05) is 4.90 Å². The summed E-state index contributed by atoms with van der Waals surface area (Å²) in [7, 11) is 0. The van der Waals surface area contributed by atoms with Gasteiger partial charge in [0.25, 0.3) is 0 Å². The number of esters is 1. The molecule has 1 aliphatic heterocycles. The normalized spacial score (nSPS) is 18.7. The molecule has 1 aromatic heterocycles. The van der Waals surface area contributed by atoms with E-state index in [0.717, 1.165) is 12.8 Å². The van der Waals surface area contributed by atoms with Crippen molar-refractivity contribution in [2.24, 2.45) is 11.3 Å². The summed E-state index contributed by atoms with van der Waals surface area (Å²) in [6.45, 7) is 3.67. The number of carbonyl (C=O) groups excluding carboxylic acids is 1. The zero-order chi connectivity index (χ0) is 25.1. The first-order chi connectivity index (χ1) is 16.7. The highest BCUT2D eigenvalue weighted by atomic mass is 19.4. The Morgan fingerprint density at radius 1 is 1.14 bits per heavy atom. The number of piperidine rings is 1. The standard InChI is InChI=1S/C26H30F4N2O3/c1-2-34-24(33)21-6-4-19(14-22(21)27)20-5-7-23(31-15-20)35-16-18-8-12-32(13-9-18)17-25(10-3-11-25)26(28,29)30/h4-7,14-15,18H,2-3,8-13,16-17H2,1H3. The van der Waals surface area contributed by atoms with Gasteiger partial charge in [-0.3, -0.25) is 0 Å². The second kappa shape index (κ2) is 10.5. The molecular formula is C26H30F4N2O3. The van der Waals surface area contributed by atoms with Crippen molar-refractivity contribution in [1.82, 2.24) is 9.88 Å².